The highest BCUT2D eigenvalue weighted by molar-refractivity contribution is 7.99. The van der Waals surface area contributed by atoms with Gasteiger partial charge in [-0.1, -0.05) is 48.5 Å². The van der Waals surface area contributed by atoms with Crippen LogP contribution in [-0.4, -0.2) is 208 Å². The van der Waals surface area contributed by atoms with E-state index < -0.39 is 228 Å². The topological polar surface area (TPSA) is 267 Å². The van der Waals surface area contributed by atoms with Crippen molar-refractivity contribution in [3.05, 3.63) is 115 Å². The van der Waals surface area contributed by atoms with Crippen molar-refractivity contribution in [2.24, 2.45) is 0 Å². The Balaban J connectivity index is 1.90. The predicted molar refractivity (Wildman–Crippen MR) is 484 cm³/mol. The molecule has 1 aliphatic carbocycles. The molecule has 0 atom stereocenters. The minimum Gasteiger partial charge on any atom is -0.493 e. The van der Waals surface area contributed by atoms with E-state index in [1.807, 2.05) is 0 Å². The Morgan fingerprint density at radius 2 is 0.435 bits per heavy atom. The lowest BCUT2D eigenvalue weighted by Gasteiger charge is -2.25. The van der Waals surface area contributed by atoms with Crippen molar-refractivity contribution >= 4 is 77.4 Å². The van der Waals surface area contributed by atoms with Crippen molar-refractivity contribution in [3.63, 3.8) is 0 Å². The van der Waals surface area contributed by atoms with Crippen LogP contribution in [0.2, 0.25) is 0 Å². The minimum atomic E-state index is -5.46. The molecule has 138 heavy (non-hydrogen) atoms. The van der Waals surface area contributed by atoms with E-state index in [1.54, 1.807) is 48.5 Å². The number of benzene rings is 4. The zero-order valence-electron chi connectivity index (χ0n) is 76.1. The van der Waals surface area contributed by atoms with Crippen LogP contribution in [0.25, 0.3) is 0 Å². The van der Waals surface area contributed by atoms with E-state index in [0.29, 0.717) is 66.8 Å². The zero-order chi connectivity index (χ0) is 104. The first-order valence-corrected chi connectivity index (χ1v) is 56.5. The Hall–Kier alpha value is -3.74. The monoisotopic (exact) mass is 2180 g/mol. The summed E-state index contributed by atoms with van der Waals surface area (Å²) in [5.74, 6) is -43.3. The number of thioether (sulfide) groups is 4. The van der Waals surface area contributed by atoms with Crippen LogP contribution in [0.1, 0.15) is 248 Å². The number of hydrogen-bond donors (Lipinski definition) is 8. The highest BCUT2D eigenvalue weighted by Crippen LogP contribution is 2.50. The van der Waals surface area contributed by atoms with Gasteiger partial charge in [-0.05, 0) is 242 Å². The van der Waals surface area contributed by atoms with Gasteiger partial charge in [0, 0.05) is 76.0 Å². The van der Waals surface area contributed by atoms with Crippen LogP contribution in [0, 0.1) is 0 Å². The molecule has 0 fully saturated rings. The average Bonchev–Trinajstić information content (AvgIpc) is 0.768. The normalized spacial score (nSPS) is 14.2. The molecule has 0 aliphatic heterocycles. The lowest BCUT2D eigenvalue weighted by molar-refractivity contribution is -0.208. The zero-order valence-corrected chi connectivity index (χ0v) is 82.9. The van der Waals surface area contributed by atoms with Gasteiger partial charge in [0.2, 0.25) is 0 Å². The van der Waals surface area contributed by atoms with E-state index in [-0.39, 0.29) is 226 Å². The van der Waals surface area contributed by atoms with Crippen LogP contribution in [-0.2, 0) is 69.6 Å². The fourth-order valence-electron chi connectivity index (χ4n) is 15.7. The summed E-state index contributed by atoms with van der Waals surface area (Å²) >= 11 is 4.02. The van der Waals surface area contributed by atoms with Gasteiger partial charge in [0.1, 0.15) is 35.8 Å². The Labute approximate surface area is 802 Å². The molecule has 0 amide bonds. The average molecular weight is 2180 g/mol. The van der Waals surface area contributed by atoms with E-state index >= 15 is 17.6 Å². The van der Waals surface area contributed by atoms with E-state index in [9.17, 15) is 154 Å². The van der Waals surface area contributed by atoms with E-state index in [2.05, 4.69) is 0 Å². The Kier molecular flexibility index (Phi) is 49.5. The molecule has 16 nitrogen and oxygen atoms in total. The molecule has 0 spiro atoms. The quantitative estimate of drug-likeness (QED) is 0.0102. The molecule has 0 radical (unpaired) electrons. The molecule has 4 aromatic rings. The summed E-state index contributed by atoms with van der Waals surface area (Å²) in [6.07, 6.45) is -38.5. The van der Waals surface area contributed by atoms with E-state index in [1.165, 1.54) is 0 Å². The number of alkyl halides is 26. The van der Waals surface area contributed by atoms with Gasteiger partial charge in [0.25, 0.3) is 59.2 Å². The maximum atomic E-state index is 15.2. The van der Waals surface area contributed by atoms with Crippen molar-refractivity contribution in [1.29, 1.82) is 0 Å². The molecule has 796 valence electrons. The lowest BCUT2D eigenvalue weighted by Crippen LogP contribution is -2.34. The molecule has 8 bridgehead atoms. The first-order valence-electron chi connectivity index (χ1n) is 44.7. The fourth-order valence-corrected chi connectivity index (χ4v) is 22.1. The van der Waals surface area contributed by atoms with Gasteiger partial charge in [-0.3, -0.25) is 18.3 Å². The van der Waals surface area contributed by atoms with Gasteiger partial charge in [-0.15, -0.1) is 0 Å². The van der Waals surface area contributed by atoms with Crippen LogP contribution in [0.4, 0.5) is 114 Å². The van der Waals surface area contributed by atoms with Crippen molar-refractivity contribution in [3.8, 4) is 23.0 Å². The van der Waals surface area contributed by atoms with Crippen LogP contribution < -0.4 is 18.9 Å². The summed E-state index contributed by atoms with van der Waals surface area (Å²) in [7, 11) is -18.6. The summed E-state index contributed by atoms with van der Waals surface area (Å²) in [5, 5.41) is 0. The van der Waals surface area contributed by atoms with Crippen molar-refractivity contribution in [2.75, 3.05) is 97.1 Å². The summed E-state index contributed by atoms with van der Waals surface area (Å²) < 4.78 is 445. The van der Waals surface area contributed by atoms with E-state index in [0.717, 1.165) is 47.0 Å². The Bertz CT molecular complexity index is 4310. The number of fused-ring (bicyclic) bond motifs is 8. The van der Waals surface area contributed by atoms with Gasteiger partial charge < -0.3 is 58.1 Å². The number of halogens is 26. The third-order valence-electron chi connectivity index (χ3n) is 21.1. The second kappa shape index (κ2) is 54.8. The molecule has 8 N–H and O–H groups in total. The first-order chi connectivity index (χ1) is 63.2. The van der Waals surface area contributed by atoms with E-state index in [4.69, 9.17) is 18.9 Å². The molecular weight excluding hydrogens is 2060 g/mol. The van der Waals surface area contributed by atoms with Gasteiger partial charge >= 0.3 is 42.7 Å². The second-order valence-electron chi connectivity index (χ2n) is 35.7. The molecule has 1 aliphatic rings. The van der Waals surface area contributed by atoms with Gasteiger partial charge in [0.15, 0.2) is 0 Å². The predicted octanol–water partition coefficient (Wildman–Crippen LogP) is 27.4. The fraction of sp³-hybridized carbons (Fsp3) is 0.727. The molecular formula is C88H122F26O16P4S4. The highest BCUT2D eigenvalue weighted by atomic mass is 32.2. The third kappa shape index (κ3) is 55.7. The number of hydrogen-bond acceptors (Lipinski definition) is 12. The van der Waals surface area contributed by atoms with Crippen LogP contribution in [0.5, 0.6) is 23.0 Å². The van der Waals surface area contributed by atoms with Gasteiger partial charge in [-0.2, -0.15) is 73.4 Å². The van der Waals surface area contributed by atoms with Gasteiger partial charge in [0.05, 0.1) is 65.0 Å². The molecule has 0 heterocycles. The van der Waals surface area contributed by atoms with Crippen molar-refractivity contribution in [1.82, 2.24) is 0 Å². The number of ether oxygens (including phenoxy) is 4. The molecule has 4 aromatic carbocycles. The first kappa shape index (κ1) is 125. The standard InChI is InChI=1S/C88H122F26O16P4S4/c1-77(89,90)53-83(101,102)57-81(97,98)23-39-137-35-13-19-63-45-69-50-67-43-61(17-11-33-135-37-15-21-79(93,94)55-85(105,106)59-87(109,110)111)41-65(73(67)127-25-3-7-29-131(115,116)117)49-66-42-62(18-12-34-136-38-16-22-80(95,96)56-86(107,108)60-88(112,113)114)44-68(74(66)128-26-4-8-30-132(118,119)120)51-70-46-64(20-14-36-138-40-24-82(99,100)58-84(103,104)54-78(2,91)92)48-72(76(70)130-28-6-10-32-134(124,125)126)52-71(47-63)75(69)129-27-5-9-31-133(121,122)123/h41-48H,3-40,49-60H2,1-2H3,(H2,115,116,117)(H2,118,119,120)(H2,121,122,123)(H2,124,125,126). The maximum absolute atomic E-state index is 15.2. The van der Waals surface area contributed by atoms with Crippen molar-refractivity contribution in [2.45, 2.75) is 304 Å². The third-order valence-corrected chi connectivity index (χ3v) is 29.2. The number of unbranched alkanes of at least 4 members (excludes halogenated alkanes) is 4. The SMILES string of the molecule is CC(F)(F)CC(F)(F)CC(F)(F)CCSCCCc1cc2c(OCCCCP(=O)(O)O)c(c1)Cc1cc(CCCSCCC(F)(F)CC(F)(F)CC(C)(F)F)cc(c1OCCCCP(=O)(O)O)Cc1cc(CCCSCCCC(F)(F)CC(F)(F)CC(F)(F)F)cc(c1OCCCCP(=O)(O)O)Cc1cc(CCCSCCCC(F)(F)CC(F)(F)CC(F)(F)F)cc(c1OCCCCP(=O)(O)O)C2. The van der Waals surface area contributed by atoms with Crippen LogP contribution in [0.15, 0.2) is 48.5 Å². The van der Waals surface area contributed by atoms with Gasteiger partial charge in [-0.25, -0.2) is 87.8 Å². The molecule has 50 heteroatoms. The largest absolute Gasteiger partial charge is 0.493 e. The summed E-state index contributed by atoms with van der Waals surface area (Å²) in [5.41, 5.74) is 4.42. The summed E-state index contributed by atoms with van der Waals surface area (Å²) in [6.45, 7) is -0.812. The maximum Gasteiger partial charge on any atom is 0.394 e. The van der Waals surface area contributed by atoms with Crippen LogP contribution in [0.3, 0.4) is 0 Å². The second-order valence-corrected chi connectivity index (χ2v) is 47.7. The molecule has 0 unspecified atom stereocenters. The molecule has 0 aromatic heterocycles. The molecule has 0 saturated carbocycles. The lowest BCUT2D eigenvalue weighted by atomic mass is 9.87. The number of rotatable bonds is 68. The minimum absolute atomic E-state index is 0.0314. The number of aryl methyl sites for hydroxylation is 4. The molecule has 0 saturated heterocycles. The van der Waals surface area contributed by atoms with Crippen LogP contribution >= 0.6 is 77.4 Å². The Morgan fingerprint density at radius 3 is 0.630 bits per heavy atom. The smallest absolute Gasteiger partial charge is 0.394 e. The summed E-state index contributed by atoms with van der Waals surface area (Å²) in [4.78, 5) is 79.9. The highest BCUT2D eigenvalue weighted by Gasteiger charge is 2.53. The van der Waals surface area contributed by atoms with Crippen molar-refractivity contribution < 1.29 is 191 Å². The Morgan fingerprint density at radius 1 is 0.246 bits per heavy atom. The summed E-state index contributed by atoms with van der Waals surface area (Å²) in [6, 6.07) is 13.7. The molecule has 5 rings (SSSR count).